The first-order chi connectivity index (χ1) is 11.7. The second-order valence-electron chi connectivity index (χ2n) is 8.15. The van der Waals surface area contributed by atoms with Gasteiger partial charge >= 0.3 is 0 Å². The maximum Gasteiger partial charge on any atom is 0.0240 e. The van der Waals surface area contributed by atoms with E-state index >= 15 is 0 Å². The Balaban J connectivity index is 1.96. The summed E-state index contributed by atoms with van der Waals surface area (Å²) in [6.45, 7) is 13.6. The number of aryl methyl sites for hydroxylation is 2. The highest BCUT2D eigenvalue weighted by Gasteiger charge is 2.29. The number of hydrogen-bond donors (Lipinski definition) is 0. The molecule has 1 heterocycles. The van der Waals surface area contributed by atoms with Crippen molar-refractivity contribution >= 4 is 11.3 Å². The van der Waals surface area contributed by atoms with Crippen LogP contribution in [0.3, 0.4) is 0 Å². The molecule has 130 valence electrons. The lowest BCUT2D eigenvalue weighted by Gasteiger charge is -2.26. The molecule has 0 aliphatic rings. The predicted molar refractivity (Wildman–Crippen MR) is 111 cm³/mol. The number of rotatable bonds is 4. The van der Waals surface area contributed by atoms with Crippen molar-refractivity contribution in [2.24, 2.45) is 0 Å². The van der Waals surface area contributed by atoms with E-state index in [9.17, 15) is 0 Å². The molecule has 0 saturated carbocycles. The Hall–Kier alpha value is -1.86. The normalized spacial score (nSPS) is 12.4. The van der Waals surface area contributed by atoms with E-state index in [1.165, 1.54) is 32.0 Å². The minimum absolute atomic E-state index is 0.0278. The zero-order chi connectivity index (χ0) is 18.2. The van der Waals surface area contributed by atoms with E-state index in [1.54, 1.807) is 0 Å². The van der Waals surface area contributed by atoms with Crippen LogP contribution in [0.5, 0.6) is 0 Å². The third-order valence-corrected chi connectivity index (χ3v) is 7.12. The molecule has 0 atom stereocenters. The second kappa shape index (κ2) is 6.46. The average Bonchev–Trinajstić information content (AvgIpc) is 3.07. The predicted octanol–water partition coefficient (Wildman–Crippen LogP) is 7.02. The quantitative estimate of drug-likeness (QED) is 0.475. The number of hydrogen-bond acceptors (Lipinski definition) is 1. The van der Waals surface area contributed by atoms with Crippen LogP contribution >= 0.6 is 11.3 Å². The lowest BCUT2D eigenvalue weighted by molar-refractivity contribution is 0.653. The van der Waals surface area contributed by atoms with Crippen LogP contribution in [0.25, 0.3) is 0 Å². The highest BCUT2D eigenvalue weighted by atomic mass is 32.1. The highest BCUT2D eigenvalue weighted by Crippen LogP contribution is 2.41. The molecule has 0 nitrogen and oxygen atoms in total. The molecule has 2 aromatic carbocycles. The molecular weight excluding hydrogens is 320 g/mol. The third kappa shape index (κ3) is 3.43. The van der Waals surface area contributed by atoms with Gasteiger partial charge in [-0.3, -0.25) is 0 Å². The molecule has 0 saturated heterocycles. The molecule has 0 bridgehead atoms. The fourth-order valence-electron chi connectivity index (χ4n) is 3.23. The maximum atomic E-state index is 2.33. The van der Waals surface area contributed by atoms with E-state index in [1.807, 2.05) is 11.3 Å². The van der Waals surface area contributed by atoms with E-state index in [0.717, 1.165) is 0 Å². The van der Waals surface area contributed by atoms with Crippen molar-refractivity contribution in [3.05, 3.63) is 92.7 Å². The van der Waals surface area contributed by atoms with Gasteiger partial charge in [0.05, 0.1) is 0 Å². The van der Waals surface area contributed by atoms with Gasteiger partial charge in [-0.1, -0.05) is 87.4 Å². The van der Waals surface area contributed by atoms with Gasteiger partial charge in [-0.15, -0.1) is 11.3 Å². The fourth-order valence-corrected chi connectivity index (χ4v) is 4.49. The third-order valence-electron chi connectivity index (χ3n) is 5.38. The van der Waals surface area contributed by atoms with Crippen LogP contribution < -0.4 is 0 Å². The molecule has 0 unspecified atom stereocenters. The van der Waals surface area contributed by atoms with Crippen LogP contribution in [-0.2, 0) is 10.8 Å². The number of benzene rings is 2. The molecule has 3 rings (SSSR count). The van der Waals surface area contributed by atoms with Gasteiger partial charge in [0, 0.05) is 20.6 Å². The van der Waals surface area contributed by atoms with E-state index in [4.69, 9.17) is 0 Å². The molecule has 3 aromatic rings. The lowest BCUT2D eigenvalue weighted by Crippen LogP contribution is -2.18. The van der Waals surface area contributed by atoms with E-state index in [2.05, 4.69) is 102 Å². The molecule has 0 aliphatic carbocycles. The summed E-state index contributed by atoms with van der Waals surface area (Å²) in [5.74, 6) is 0. The van der Waals surface area contributed by atoms with Crippen LogP contribution in [0.2, 0.25) is 0 Å². The monoisotopic (exact) mass is 348 g/mol. The first-order valence-corrected chi connectivity index (χ1v) is 9.78. The fraction of sp³-hybridized carbons (Fsp3) is 0.333. The minimum atomic E-state index is 0.0278. The summed E-state index contributed by atoms with van der Waals surface area (Å²) in [5, 5.41) is 0. The first-order valence-electron chi connectivity index (χ1n) is 8.96. The van der Waals surface area contributed by atoms with Crippen molar-refractivity contribution in [3.63, 3.8) is 0 Å². The smallest absolute Gasteiger partial charge is 0.0240 e. The zero-order valence-electron chi connectivity index (χ0n) is 16.2. The maximum absolute atomic E-state index is 2.33. The summed E-state index contributed by atoms with van der Waals surface area (Å²) in [7, 11) is 0. The summed E-state index contributed by atoms with van der Waals surface area (Å²) in [6.07, 6.45) is 0. The minimum Gasteiger partial charge on any atom is -0.144 e. The van der Waals surface area contributed by atoms with Crippen LogP contribution in [0.15, 0.2) is 60.7 Å². The molecule has 1 aromatic heterocycles. The van der Waals surface area contributed by atoms with Crippen molar-refractivity contribution in [3.8, 4) is 0 Å². The van der Waals surface area contributed by atoms with Crippen molar-refractivity contribution < 1.29 is 0 Å². The van der Waals surface area contributed by atoms with E-state index in [-0.39, 0.29) is 10.8 Å². The first kappa shape index (κ1) is 17.9. The molecule has 0 fully saturated rings. The lowest BCUT2D eigenvalue weighted by atomic mass is 9.82. The van der Waals surface area contributed by atoms with Gasteiger partial charge in [-0.2, -0.15) is 0 Å². The Labute approximate surface area is 156 Å². The Bertz CT molecular complexity index is 774. The summed E-state index contributed by atoms with van der Waals surface area (Å²) < 4.78 is 0. The molecule has 0 spiro atoms. The molecule has 1 heteroatoms. The highest BCUT2D eigenvalue weighted by molar-refractivity contribution is 7.12. The van der Waals surface area contributed by atoms with Gasteiger partial charge in [0.1, 0.15) is 0 Å². The molecule has 25 heavy (non-hydrogen) atoms. The van der Waals surface area contributed by atoms with Gasteiger partial charge < -0.3 is 0 Å². The Morgan fingerprint density at radius 1 is 0.520 bits per heavy atom. The van der Waals surface area contributed by atoms with Gasteiger partial charge in [-0.25, -0.2) is 0 Å². The van der Waals surface area contributed by atoms with Crippen molar-refractivity contribution in [1.29, 1.82) is 0 Å². The second-order valence-corrected chi connectivity index (χ2v) is 9.23. The van der Waals surface area contributed by atoms with Crippen LogP contribution in [0.1, 0.15) is 59.7 Å². The molecular formula is C24H28S. The van der Waals surface area contributed by atoms with Gasteiger partial charge in [0.15, 0.2) is 0 Å². The zero-order valence-corrected chi connectivity index (χ0v) is 17.0. The summed E-state index contributed by atoms with van der Waals surface area (Å²) in [6, 6.07) is 22.5. The summed E-state index contributed by atoms with van der Waals surface area (Å²) in [4.78, 5) is 2.85. The van der Waals surface area contributed by atoms with Crippen LogP contribution in [0.4, 0.5) is 0 Å². The van der Waals surface area contributed by atoms with Crippen molar-refractivity contribution in [2.75, 3.05) is 0 Å². The SMILES string of the molecule is Cc1ccc(C(C)(C)c2ccc(C(C)(C)c3ccc(C)cc3)s2)cc1. The average molecular weight is 349 g/mol. The Morgan fingerprint density at radius 2 is 0.840 bits per heavy atom. The Kier molecular flexibility index (Phi) is 4.64. The van der Waals surface area contributed by atoms with Crippen LogP contribution in [-0.4, -0.2) is 0 Å². The molecule has 0 N–H and O–H groups in total. The summed E-state index contributed by atoms with van der Waals surface area (Å²) >= 11 is 1.94. The largest absolute Gasteiger partial charge is 0.144 e. The number of thiophene rings is 1. The van der Waals surface area contributed by atoms with Gasteiger partial charge in [0.2, 0.25) is 0 Å². The molecule has 0 radical (unpaired) electrons. The van der Waals surface area contributed by atoms with Crippen molar-refractivity contribution in [1.82, 2.24) is 0 Å². The van der Waals surface area contributed by atoms with Crippen molar-refractivity contribution in [2.45, 2.75) is 52.4 Å². The van der Waals surface area contributed by atoms with E-state index in [0.29, 0.717) is 0 Å². The topological polar surface area (TPSA) is 0 Å². The van der Waals surface area contributed by atoms with Crippen LogP contribution in [0, 0.1) is 13.8 Å². The summed E-state index contributed by atoms with van der Waals surface area (Å²) in [5.41, 5.74) is 5.43. The van der Waals surface area contributed by atoms with E-state index < -0.39 is 0 Å². The van der Waals surface area contributed by atoms with Gasteiger partial charge in [-0.05, 0) is 37.1 Å². The Morgan fingerprint density at radius 3 is 1.16 bits per heavy atom. The molecule has 0 amide bonds. The standard InChI is InChI=1S/C24H28S/c1-17-7-11-19(12-8-17)23(3,4)21-15-16-22(25-21)24(5,6)20-13-9-18(2)10-14-20/h7-16H,1-6H3. The molecule has 0 aliphatic heterocycles. The van der Waals surface area contributed by atoms with Gasteiger partial charge in [0.25, 0.3) is 0 Å².